The number of rotatable bonds is 3. The van der Waals surface area contributed by atoms with Crippen LogP contribution in [0.25, 0.3) is 0 Å². The van der Waals surface area contributed by atoms with Crippen molar-refractivity contribution in [3.8, 4) is 0 Å². The highest BCUT2D eigenvalue weighted by Gasteiger charge is 2.56. The molecule has 124 valence electrons. The number of nitrogens with zero attached hydrogens (tertiary/aromatic N) is 1. The monoisotopic (exact) mass is 325 g/mol. The van der Waals surface area contributed by atoms with Gasteiger partial charge in [-0.05, 0) is 55.9 Å². The van der Waals surface area contributed by atoms with E-state index >= 15 is 0 Å². The van der Waals surface area contributed by atoms with Crippen LogP contribution in [0.15, 0.2) is 36.4 Å². The zero-order valence-corrected chi connectivity index (χ0v) is 13.5. The number of amides is 2. The zero-order chi connectivity index (χ0) is 16.8. The number of hydrogen-bond acceptors (Lipinski definition) is 4. The molecule has 4 atom stereocenters. The highest BCUT2D eigenvalue weighted by atomic mass is 16.5. The summed E-state index contributed by atoms with van der Waals surface area (Å²) < 4.78 is 4.95. The SMILES string of the molecule is CCOC(=O)c1ccc(N2C(=O)[C@@H]3[C@H](C2=O)[C@@H]2C=C[C@@H]3CC2)cc1. The van der Waals surface area contributed by atoms with E-state index in [0.29, 0.717) is 17.9 Å². The van der Waals surface area contributed by atoms with Crippen molar-refractivity contribution < 1.29 is 19.1 Å². The van der Waals surface area contributed by atoms with Gasteiger partial charge in [-0.1, -0.05) is 12.2 Å². The maximum absolute atomic E-state index is 12.8. The van der Waals surface area contributed by atoms with Crippen molar-refractivity contribution in [2.45, 2.75) is 19.8 Å². The molecule has 1 heterocycles. The Bertz CT molecular complexity index is 704. The number of carbonyl (C=O) groups is 3. The molecule has 0 aromatic heterocycles. The number of imide groups is 1. The summed E-state index contributed by atoms with van der Waals surface area (Å²) in [6.07, 6.45) is 6.18. The smallest absolute Gasteiger partial charge is 0.338 e. The predicted molar refractivity (Wildman–Crippen MR) is 87.2 cm³/mol. The number of carbonyl (C=O) groups excluding carboxylic acids is 3. The van der Waals surface area contributed by atoms with Crippen LogP contribution in [0.5, 0.6) is 0 Å². The van der Waals surface area contributed by atoms with Gasteiger partial charge in [-0.15, -0.1) is 0 Å². The van der Waals surface area contributed by atoms with Gasteiger partial charge in [-0.3, -0.25) is 14.5 Å². The van der Waals surface area contributed by atoms with E-state index in [1.165, 1.54) is 4.90 Å². The van der Waals surface area contributed by atoms with Crippen molar-refractivity contribution in [1.82, 2.24) is 0 Å². The molecule has 2 amide bonds. The molecule has 5 heteroatoms. The van der Waals surface area contributed by atoms with E-state index in [1.807, 2.05) is 0 Å². The van der Waals surface area contributed by atoms with Crippen LogP contribution in [0.2, 0.25) is 0 Å². The van der Waals surface area contributed by atoms with Crippen molar-refractivity contribution in [3.05, 3.63) is 42.0 Å². The van der Waals surface area contributed by atoms with Crippen LogP contribution in [0, 0.1) is 23.7 Å². The Balaban J connectivity index is 1.62. The van der Waals surface area contributed by atoms with E-state index in [4.69, 9.17) is 4.74 Å². The molecule has 1 saturated heterocycles. The Kier molecular flexibility index (Phi) is 3.52. The first-order valence-corrected chi connectivity index (χ1v) is 8.45. The van der Waals surface area contributed by atoms with Crippen molar-refractivity contribution >= 4 is 23.5 Å². The van der Waals surface area contributed by atoms with Gasteiger partial charge in [0.25, 0.3) is 0 Å². The van der Waals surface area contributed by atoms with Crippen LogP contribution in [-0.4, -0.2) is 24.4 Å². The number of esters is 1. The molecular formula is C19H19NO4. The molecule has 5 rings (SSSR count). The fourth-order valence-electron chi connectivity index (χ4n) is 4.29. The molecule has 2 fully saturated rings. The summed E-state index contributed by atoms with van der Waals surface area (Å²) in [5.41, 5.74) is 0.950. The van der Waals surface area contributed by atoms with Crippen molar-refractivity contribution in [2.24, 2.45) is 23.7 Å². The van der Waals surface area contributed by atoms with E-state index < -0.39 is 5.97 Å². The van der Waals surface area contributed by atoms with E-state index in [0.717, 1.165) is 12.8 Å². The lowest BCUT2D eigenvalue weighted by atomic mass is 9.63. The fraction of sp³-hybridized carbons (Fsp3) is 0.421. The number of ether oxygens (including phenoxy) is 1. The molecule has 1 saturated carbocycles. The average Bonchev–Trinajstić information content (AvgIpc) is 2.90. The molecular weight excluding hydrogens is 306 g/mol. The van der Waals surface area contributed by atoms with Gasteiger partial charge in [0.15, 0.2) is 0 Å². The van der Waals surface area contributed by atoms with Gasteiger partial charge in [0, 0.05) is 0 Å². The number of benzene rings is 1. The Morgan fingerprint density at radius 3 is 2.04 bits per heavy atom. The first-order chi connectivity index (χ1) is 11.6. The number of anilines is 1. The number of allylic oxidation sites excluding steroid dienone is 2. The molecule has 0 N–H and O–H groups in total. The topological polar surface area (TPSA) is 63.7 Å². The molecule has 1 aromatic carbocycles. The van der Waals surface area contributed by atoms with Gasteiger partial charge >= 0.3 is 5.97 Å². The Morgan fingerprint density at radius 1 is 1.04 bits per heavy atom. The molecule has 2 bridgehead atoms. The molecule has 0 unspecified atom stereocenters. The van der Waals surface area contributed by atoms with Gasteiger partial charge in [0.05, 0.1) is 29.7 Å². The summed E-state index contributed by atoms with van der Waals surface area (Å²) in [5.74, 6) is -0.683. The maximum atomic E-state index is 12.8. The van der Waals surface area contributed by atoms with Crippen LogP contribution < -0.4 is 4.90 Å². The average molecular weight is 325 g/mol. The van der Waals surface area contributed by atoms with Crippen LogP contribution in [0.4, 0.5) is 5.69 Å². The second kappa shape index (κ2) is 5.58. The molecule has 24 heavy (non-hydrogen) atoms. The molecule has 4 aliphatic rings. The number of fused-ring (bicyclic) bond motifs is 1. The zero-order valence-electron chi connectivity index (χ0n) is 13.5. The minimum atomic E-state index is -0.404. The van der Waals surface area contributed by atoms with E-state index in [-0.39, 0.29) is 35.5 Å². The van der Waals surface area contributed by atoms with Crippen molar-refractivity contribution in [1.29, 1.82) is 0 Å². The molecule has 0 spiro atoms. The molecule has 1 aromatic rings. The lowest BCUT2D eigenvalue weighted by molar-refractivity contribution is -0.124. The van der Waals surface area contributed by atoms with Crippen LogP contribution >= 0.6 is 0 Å². The lowest BCUT2D eigenvalue weighted by Crippen LogP contribution is -2.38. The van der Waals surface area contributed by atoms with Crippen LogP contribution in [-0.2, 0) is 14.3 Å². The van der Waals surface area contributed by atoms with Gasteiger partial charge < -0.3 is 4.74 Å². The minimum Gasteiger partial charge on any atom is -0.462 e. The largest absolute Gasteiger partial charge is 0.462 e. The normalized spacial score (nSPS) is 30.6. The summed E-state index contributed by atoms with van der Waals surface area (Å²) >= 11 is 0. The van der Waals surface area contributed by atoms with Gasteiger partial charge in [-0.2, -0.15) is 0 Å². The van der Waals surface area contributed by atoms with E-state index in [9.17, 15) is 14.4 Å². The maximum Gasteiger partial charge on any atom is 0.338 e. The van der Waals surface area contributed by atoms with Gasteiger partial charge in [0.1, 0.15) is 0 Å². The summed E-state index contributed by atoms with van der Waals surface area (Å²) in [7, 11) is 0. The third-order valence-corrected chi connectivity index (χ3v) is 5.40. The molecule has 3 aliphatic carbocycles. The molecule has 0 radical (unpaired) electrons. The third kappa shape index (κ3) is 2.11. The predicted octanol–water partition coefficient (Wildman–Crippen LogP) is 2.56. The van der Waals surface area contributed by atoms with Crippen molar-refractivity contribution in [2.75, 3.05) is 11.5 Å². The van der Waals surface area contributed by atoms with Crippen molar-refractivity contribution in [3.63, 3.8) is 0 Å². The van der Waals surface area contributed by atoms with Gasteiger partial charge in [-0.25, -0.2) is 4.79 Å². The first-order valence-electron chi connectivity index (χ1n) is 8.45. The fourth-order valence-corrected chi connectivity index (χ4v) is 4.29. The Morgan fingerprint density at radius 2 is 1.58 bits per heavy atom. The summed E-state index contributed by atoms with van der Waals surface area (Å²) in [4.78, 5) is 38.7. The highest BCUT2D eigenvalue weighted by molar-refractivity contribution is 6.22. The lowest BCUT2D eigenvalue weighted by Gasteiger charge is -2.38. The summed E-state index contributed by atoms with van der Waals surface area (Å²) in [5, 5.41) is 0. The Hall–Kier alpha value is -2.43. The first kappa shape index (κ1) is 15.1. The van der Waals surface area contributed by atoms with Crippen LogP contribution in [0.1, 0.15) is 30.1 Å². The minimum absolute atomic E-state index is 0.104. The molecule has 1 aliphatic heterocycles. The second-order valence-corrected chi connectivity index (χ2v) is 6.62. The Labute approximate surface area is 140 Å². The van der Waals surface area contributed by atoms with Gasteiger partial charge in [0.2, 0.25) is 11.8 Å². The number of hydrogen-bond donors (Lipinski definition) is 0. The van der Waals surface area contributed by atoms with E-state index in [1.54, 1.807) is 31.2 Å². The summed E-state index contributed by atoms with van der Waals surface area (Å²) in [6, 6.07) is 6.49. The third-order valence-electron chi connectivity index (χ3n) is 5.40. The summed E-state index contributed by atoms with van der Waals surface area (Å²) in [6.45, 7) is 2.06. The van der Waals surface area contributed by atoms with E-state index in [2.05, 4.69) is 12.2 Å². The quantitative estimate of drug-likeness (QED) is 0.487. The highest BCUT2D eigenvalue weighted by Crippen LogP contribution is 2.50. The second-order valence-electron chi connectivity index (χ2n) is 6.62. The standard InChI is InChI=1S/C19H19NO4/c1-2-24-19(23)13-7-9-14(10-8-13)20-17(21)15-11-3-4-12(6-5-11)16(15)18(20)22/h3-4,7-12,15-16H,2,5-6H2,1H3/t11-,12-,15-,16+/m1/s1. The van der Waals surface area contributed by atoms with Crippen LogP contribution in [0.3, 0.4) is 0 Å². The molecule has 5 nitrogen and oxygen atoms in total.